The summed E-state index contributed by atoms with van der Waals surface area (Å²) in [5, 5.41) is 3.09. The van der Waals surface area contributed by atoms with Gasteiger partial charge in [-0.1, -0.05) is 11.6 Å². The summed E-state index contributed by atoms with van der Waals surface area (Å²) in [5.74, 6) is -0.860. The van der Waals surface area contributed by atoms with Crippen molar-refractivity contribution in [1.82, 2.24) is 20.4 Å². The number of rotatable bonds is 4. The summed E-state index contributed by atoms with van der Waals surface area (Å²) in [5.41, 5.74) is 8.23. The minimum atomic E-state index is -0.462. The molecule has 1 aromatic carbocycles. The van der Waals surface area contributed by atoms with E-state index in [2.05, 4.69) is 20.7 Å². The number of carbonyl (C=O) groups excluding carboxylic acids is 2. The number of hydrogen-bond donors (Lipinski definition) is 2. The van der Waals surface area contributed by atoms with Gasteiger partial charge in [0.2, 0.25) is 0 Å². The van der Waals surface area contributed by atoms with Crippen LogP contribution in [0.15, 0.2) is 35.7 Å². The van der Waals surface area contributed by atoms with Crippen molar-refractivity contribution in [2.45, 2.75) is 13.8 Å². The van der Waals surface area contributed by atoms with E-state index < -0.39 is 11.8 Å². The number of nitrogens with one attached hydrogen (secondary N) is 2. The highest BCUT2D eigenvalue weighted by Gasteiger charge is 2.20. The van der Waals surface area contributed by atoms with E-state index in [0.717, 1.165) is 35.3 Å². The molecule has 162 valence electrons. The molecule has 3 heterocycles. The van der Waals surface area contributed by atoms with E-state index in [-0.39, 0.29) is 5.69 Å². The first-order chi connectivity index (χ1) is 14.9. The standard InChI is InChI=1S/C21H22ClN5O3S/c1-13-11-17(14(2)27(13)16-5-3-15(22)4-6-16)19(28)24-25-20(29)18-12-31-21(23-18)26-7-9-30-10-8-26/h3-6,11-12H,7-10H2,1-2H3,(H,24,28)(H,25,29). The van der Waals surface area contributed by atoms with E-state index in [0.29, 0.717) is 23.8 Å². The maximum Gasteiger partial charge on any atom is 0.289 e. The van der Waals surface area contributed by atoms with Crippen LogP contribution >= 0.6 is 22.9 Å². The number of carbonyl (C=O) groups is 2. The number of anilines is 1. The Balaban J connectivity index is 1.42. The molecule has 4 rings (SSSR count). The van der Waals surface area contributed by atoms with Crippen molar-refractivity contribution in [1.29, 1.82) is 0 Å². The van der Waals surface area contributed by atoms with Crippen LogP contribution in [0, 0.1) is 13.8 Å². The second-order valence-corrected chi connectivity index (χ2v) is 8.39. The number of hydrogen-bond acceptors (Lipinski definition) is 6. The Kier molecular flexibility index (Phi) is 6.26. The molecule has 0 atom stereocenters. The van der Waals surface area contributed by atoms with Gasteiger partial charge < -0.3 is 14.2 Å². The Morgan fingerprint density at radius 3 is 2.48 bits per heavy atom. The molecule has 1 aliphatic rings. The first kappa shape index (κ1) is 21.4. The molecular weight excluding hydrogens is 438 g/mol. The summed E-state index contributed by atoms with van der Waals surface area (Å²) < 4.78 is 7.30. The van der Waals surface area contributed by atoms with Gasteiger partial charge >= 0.3 is 0 Å². The van der Waals surface area contributed by atoms with Gasteiger partial charge in [-0.15, -0.1) is 11.3 Å². The smallest absolute Gasteiger partial charge is 0.289 e. The molecule has 1 fully saturated rings. The zero-order valence-corrected chi connectivity index (χ0v) is 18.7. The van der Waals surface area contributed by atoms with E-state index in [1.807, 2.05) is 30.5 Å². The van der Waals surface area contributed by atoms with E-state index >= 15 is 0 Å². The maximum atomic E-state index is 12.7. The molecule has 31 heavy (non-hydrogen) atoms. The number of hydrazine groups is 1. The minimum absolute atomic E-state index is 0.262. The van der Waals surface area contributed by atoms with Crippen LogP contribution in [0.5, 0.6) is 0 Å². The Bertz CT molecular complexity index is 1100. The molecule has 2 aromatic heterocycles. The Morgan fingerprint density at radius 1 is 1.10 bits per heavy atom. The summed E-state index contributed by atoms with van der Waals surface area (Å²) in [6.45, 7) is 6.55. The number of amides is 2. The van der Waals surface area contributed by atoms with Gasteiger partial charge in [-0.2, -0.15) is 0 Å². The van der Waals surface area contributed by atoms with Crippen molar-refractivity contribution >= 4 is 39.9 Å². The fraction of sp³-hybridized carbons (Fsp3) is 0.286. The molecule has 2 N–H and O–H groups in total. The summed E-state index contributed by atoms with van der Waals surface area (Å²) in [4.78, 5) is 31.6. The topological polar surface area (TPSA) is 88.5 Å². The van der Waals surface area contributed by atoms with Gasteiger partial charge in [0.15, 0.2) is 5.13 Å². The van der Waals surface area contributed by atoms with Gasteiger partial charge in [0, 0.05) is 40.6 Å². The highest BCUT2D eigenvalue weighted by molar-refractivity contribution is 7.13. The number of halogens is 1. The van der Waals surface area contributed by atoms with E-state index in [4.69, 9.17) is 16.3 Å². The average molecular weight is 460 g/mol. The summed E-state index contributed by atoms with van der Waals surface area (Å²) in [7, 11) is 0. The van der Waals surface area contributed by atoms with Crippen molar-refractivity contribution in [3.05, 3.63) is 63.4 Å². The lowest BCUT2D eigenvalue weighted by Gasteiger charge is -2.25. The Labute approximate surface area is 188 Å². The second-order valence-electron chi connectivity index (χ2n) is 7.12. The van der Waals surface area contributed by atoms with Gasteiger partial charge in [0.05, 0.1) is 18.8 Å². The fourth-order valence-corrected chi connectivity index (χ4v) is 4.48. The van der Waals surface area contributed by atoms with Crippen molar-refractivity contribution in [3.8, 4) is 5.69 Å². The van der Waals surface area contributed by atoms with E-state index in [1.165, 1.54) is 11.3 Å². The van der Waals surface area contributed by atoms with Crippen LogP contribution in [0.4, 0.5) is 5.13 Å². The number of nitrogens with zero attached hydrogens (tertiary/aromatic N) is 3. The third-order valence-corrected chi connectivity index (χ3v) is 6.21. The average Bonchev–Trinajstić information content (AvgIpc) is 3.38. The third-order valence-electron chi connectivity index (χ3n) is 5.06. The van der Waals surface area contributed by atoms with Crippen molar-refractivity contribution < 1.29 is 14.3 Å². The van der Waals surface area contributed by atoms with Gasteiger partial charge in [-0.05, 0) is 44.2 Å². The van der Waals surface area contributed by atoms with Crippen molar-refractivity contribution in [2.24, 2.45) is 0 Å². The molecule has 3 aromatic rings. The zero-order chi connectivity index (χ0) is 22.0. The number of aryl methyl sites for hydroxylation is 1. The normalized spacial score (nSPS) is 13.8. The van der Waals surface area contributed by atoms with Crippen LogP contribution in [0.3, 0.4) is 0 Å². The van der Waals surface area contributed by atoms with Gasteiger partial charge in [0.25, 0.3) is 11.8 Å². The summed E-state index contributed by atoms with van der Waals surface area (Å²) >= 11 is 7.37. The molecule has 1 saturated heterocycles. The molecule has 0 saturated carbocycles. The summed E-state index contributed by atoms with van der Waals surface area (Å²) in [6, 6.07) is 9.16. The number of ether oxygens (including phenoxy) is 1. The third kappa shape index (κ3) is 4.58. The second kappa shape index (κ2) is 9.09. The van der Waals surface area contributed by atoms with Crippen LogP contribution in [0.25, 0.3) is 5.69 Å². The lowest BCUT2D eigenvalue weighted by atomic mass is 10.2. The number of benzene rings is 1. The first-order valence-corrected chi connectivity index (χ1v) is 11.0. The zero-order valence-electron chi connectivity index (χ0n) is 17.1. The largest absolute Gasteiger partial charge is 0.378 e. The molecule has 0 aliphatic carbocycles. The molecule has 1 aliphatic heterocycles. The van der Waals surface area contributed by atoms with Crippen molar-refractivity contribution in [2.75, 3.05) is 31.2 Å². The van der Waals surface area contributed by atoms with Crippen LogP contribution in [-0.2, 0) is 4.74 Å². The molecular formula is C21H22ClN5O3S. The quantitative estimate of drug-likeness (QED) is 0.585. The monoisotopic (exact) mass is 459 g/mol. The Morgan fingerprint density at radius 2 is 1.77 bits per heavy atom. The van der Waals surface area contributed by atoms with Gasteiger partial charge in [0.1, 0.15) is 5.69 Å². The van der Waals surface area contributed by atoms with E-state index in [1.54, 1.807) is 23.6 Å². The van der Waals surface area contributed by atoms with Crippen molar-refractivity contribution in [3.63, 3.8) is 0 Å². The SMILES string of the molecule is Cc1cc(C(=O)NNC(=O)c2csc(N3CCOCC3)n2)c(C)n1-c1ccc(Cl)cc1. The molecule has 0 radical (unpaired) electrons. The predicted molar refractivity (Wildman–Crippen MR) is 120 cm³/mol. The fourth-order valence-electron chi connectivity index (χ4n) is 3.49. The molecule has 0 spiro atoms. The number of aromatic nitrogens is 2. The lowest BCUT2D eigenvalue weighted by Crippen LogP contribution is -2.42. The van der Waals surface area contributed by atoms with E-state index in [9.17, 15) is 9.59 Å². The highest BCUT2D eigenvalue weighted by atomic mass is 35.5. The number of morpholine rings is 1. The maximum absolute atomic E-state index is 12.7. The molecule has 0 bridgehead atoms. The van der Waals surface area contributed by atoms with Crippen LogP contribution < -0.4 is 15.8 Å². The van der Waals surface area contributed by atoms with Gasteiger partial charge in [-0.25, -0.2) is 4.98 Å². The molecule has 8 nitrogen and oxygen atoms in total. The van der Waals surface area contributed by atoms with Crippen LogP contribution in [0.1, 0.15) is 32.2 Å². The lowest BCUT2D eigenvalue weighted by molar-refractivity contribution is 0.0844. The Hall–Kier alpha value is -2.88. The number of thiazole rings is 1. The molecule has 0 unspecified atom stereocenters. The highest BCUT2D eigenvalue weighted by Crippen LogP contribution is 2.23. The minimum Gasteiger partial charge on any atom is -0.378 e. The molecule has 2 amide bonds. The molecule has 10 heteroatoms. The van der Waals surface area contributed by atoms with Crippen LogP contribution in [0.2, 0.25) is 5.02 Å². The van der Waals surface area contributed by atoms with Crippen LogP contribution in [-0.4, -0.2) is 47.7 Å². The summed E-state index contributed by atoms with van der Waals surface area (Å²) in [6.07, 6.45) is 0. The predicted octanol–water partition coefficient (Wildman–Crippen LogP) is 3.12. The first-order valence-electron chi connectivity index (χ1n) is 9.78. The van der Waals surface area contributed by atoms with Gasteiger partial charge in [-0.3, -0.25) is 20.4 Å².